The minimum absolute atomic E-state index is 0.522. The van der Waals surface area contributed by atoms with Gasteiger partial charge in [-0.3, -0.25) is 0 Å². The molecule has 0 amide bonds. The number of para-hydroxylation sites is 2. The van der Waals surface area contributed by atoms with E-state index in [-0.39, 0.29) is 0 Å². The molecule has 1 aromatic carbocycles. The van der Waals surface area contributed by atoms with Gasteiger partial charge in [0.1, 0.15) is 11.8 Å². The average Bonchev–Trinajstić information content (AvgIpc) is 3.29. The monoisotopic (exact) mass is 419 g/mol. The number of fused-ring (bicyclic) bond motifs is 1. The number of benzene rings is 1. The average molecular weight is 420 g/mol. The van der Waals surface area contributed by atoms with E-state index in [1.807, 2.05) is 40.3 Å². The summed E-state index contributed by atoms with van der Waals surface area (Å²) in [6.07, 6.45) is 2.27. The Balaban J connectivity index is 1.53. The van der Waals surface area contributed by atoms with Crippen LogP contribution in [0.5, 0.6) is 5.75 Å². The molecule has 1 aliphatic heterocycles. The van der Waals surface area contributed by atoms with Crippen LogP contribution < -0.4 is 15.0 Å². The van der Waals surface area contributed by atoms with Gasteiger partial charge in [-0.1, -0.05) is 30.4 Å². The Bertz CT molecular complexity index is 977. The van der Waals surface area contributed by atoms with Crippen LogP contribution in [0.4, 0.5) is 10.8 Å². The number of nitrogens with zero attached hydrogens (tertiary/aromatic N) is 2. The van der Waals surface area contributed by atoms with E-state index >= 15 is 0 Å². The second-order valence-electron chi connectivity index (χ2n) is 6.57. The SMILES string of the molecule is CC[C@H]1c2ccsc2CC[NH+]1Cn1nc(Nc2ccccc2OC)sc1=S. The Kier molecular flexibility index (Phi) is 5.58. The maximum absolute atomic E-state index is 5.59. The van der Waals surface area contributed by atoms with Crippen molar-refractivity contribution in [3.63, 3.8) is 0 Å². The van der Waals surface area contributed by atoms with Crippen LogP contribution in [0.25, 0.3) is 0 Å². The fraction of sp³-hybridized carbons (Fsp3) is 0.368. The van der Waals surface area contributed by atoms with Crippen molar-refractivity contribution in [3.8, 4) is 5.75 Å². The normalized spacial score (nSPS) is 18.9. The molecule has 2 aromatic heterocycles. The molecule has 0 saturated carbocycles. The Hall–Kier alpha value is -1.74. The van der Waals surface area contributed by atoms with Gasteiger partial charge >= 0.3 is 0 Å². The molecule has 5 nitrogen and oxygen atoms in total. The molecule has 2 N–H and O–H groups in total. The molecule has 0 radical (unpaired) electrons. The van der Waals surface area contributed by atoms with Gasteiger partial charge < -0.3 is 15.0 Å². The van der Waals surface area contributed by atoms with Gasteiger partial charge in [0.25, 0.3) is 0 Å². The lowest BCUT2D eigenvalue weighted by Crippen LogP contribution is -3.12. The maximum Gasteiger partial charge on any atom is 0.209 e. The topological polar surface area (TPSA) is 43.5 Å². The van der Waals surface area contributed by atoms with Gasteiger partial charge in [0.15, 0.2) is 10.6 Å². The van der Waals surface area contributed by atoms with E-state index in [1.165, 1.54) is 21.8 Å². The van der Waals surface area contributed by atoms with Crippen LogP contribution >= 0.6 is 34.9 Å². The number of hydrogen-bond donors (Lipinski definition) is 2. The highest BCUT2D eigenvalue weighted by Crippen LogP contribution is 2.29. The highest BCUT2D eigenvalue weighted by molar-refractivity contribution is 7.73. The second-order valence-corrected chi connectivity index (χ2v) is 9.20. The van der Waals surface area contributed by atoms with Gasteiger partial charge in [-0.2, -0.15) is 4.68 Å². The number of methoxy groups -OCH3 is 1. The number of thiophene rings is 1. The van der Waals surface area contributed by atoms with Gasteiger partial charge in [-0.15, -0.1) is 16.4 Å². The molecule has 0 aliphatic carbocycles. The molecule has 1 aliphatic rings. The molecule has 142 valence electrons. The highest BCUT2D eigenvalue weighted by atomic mass is 32.1. The van der Waals surface area contributed by atoms with Crippen LogP contribution in [0.1, 0.15) is 29.8 Å². The fourth-order valence-corrected chi connectivity index (χ4v) is 5.71. The molecule has 2 atom stereocenters. The van der Waals surface area contributed by atoms with Crippen molar-refractivity contribution < 1.29 is 9.64 Å². The number of anilines is 2. The number of nitrogens with one attached hydrogen (secondary N) is 2. The van der Waals surface area contributed by atoms with Crippen molar-refractivity contribution in [2.24, 2.45) is 0 Å². The molecule has 0 fully saturated rings. The second kappa shape index (κ2) is 8.10. The molecular formula is C19H23N4OS3+. The predicted molar refractivity (Wildman–Crippen MR) is 114 cm³/mol. The first-order valence-corrected chi connectivity index (χ1v) is 11.2. The van der Waals surface area contributed by atoms with Crippen LogP contribution in [0.3, 0.4) is 0 Å². The Morgan fingerprint density at radius 2 is 2.22 bits per heavy atom. The molecule has 4 rings (SSSR count). The van der Waals surface area contributed by atoms with Gasteiger partial charge in [-0.25, -0.2) is 0 Å². The number of aromatic nitrogens is 2. The largest absolute Gasteiger partial charge is 0.495 e. The predicted octanol–water partition coefficient (Wildman–Crippen LogP) is 4.04. The zero-order chi connectivity index (χ0) is 18.8. The third-order valence-corrected chi connectivity index (χ3v) is 7.26. The first kappa shape index (κ1) is 18.6. The van der Waals surface area contributed by atoms with Crippen LogP contribution in [-0.2, 0) is 13.1 Å². The number of ether oxygens (including phenoxy) is 1. The quantitative estimate of drug-likeness (QED) is 0.592. The Morgan fingerprint density at radius 1 is 1.37 bits per heavy atom. The van der Waals surface area contributed by atoms with Crippen molar-refractivity contribution in [3.05, 3.63) is 50.1 Å². The van der Waals surface area contributed by atoms with Gasteiger partial charge in [0, 0.05) is 23.3 Å². The third-order valence-electron chi connectivity index (χ3n) is 5.04. The lowest BCUT2D eigenvalue weighted by atomic mass is 9.98. The number of rotatable bonds is 6. The van der Waals surface area contributed by atoms with Gasteiger partial charge in [0.2, 0.25) is 5.13 Å². The van der Waals surface area contributed by atoms with Gasteiger partial charge in [-0.05, 0) is 35.8 Å². The zero-order valence-electron chi connectivity index (χ0n) is 15.4. The third kappa shape index (κ3) is 3.80. The van der Waals surface area contributed by atoms with Crippen LogP contribution in [-0.4, -0.2) is 23.4 Å². The fourth-order valence-electron chi connectivity index (χ4n) is 3.74. The molecule has 8 heteroatoms. The van der Waals surface area contributed by atoms with Crippen LogP contribution in [0, 0.1) is 3.95 Å². The standard InChI is InChI=1S/C19H22N4OS3/c1-3-15-13-9-11-26-17(13)8-10-22(15)12-23-19(25)27-18(21-23)20-14-6-4-5-7-16(14)24-2/h4-7,9,11,15H,3,8,10,12H2,1-2H3,(H,20,21)/p+1/t15-/m0/s1. The Labute approximate surface area is 172 Å². The lowest BCUT2D eigenvalue weighted by Gasteiger charge is -2.31. The summed E-state index contributed by atoms with van der Waals surface area (Å²) in [5.74, 6) is 0.794. The molecule has 0 bridgehead atoms. The summed E-state index contributed by atoms with van der Waals surface area (Å²) in [5, 5.41) is 11.1. The molecule has 27 heavy (non-hydrogen) atoms. The summed E-state index contributed by atoms with van der Waals surface area (Å²) in [5.41, 5.74) is 2.41. The van der Waals surface area contributed by atoms with Crippen molar-refractivity contribution in [1.29, 1.82) is 0 Å². The molecule has 1 unspecified atom stereocenters. The number of hydrogen-bond acceptors (Lipinski definition) is 6. The maximum atomic E-state index is 5.59. The van der Waals surface area contributed by atoms with E-state index in [0.29, 0.717) is 6.04 Å². The summed E-state index contributed by atoms with van der Waals surface area (Å²) < 4.78 is 8.17. The Morgan fingerprint density at radius 3 is 3.04 bits per heavy atom. The molecule has 3 heterocycles. The molecule has 0 spiro atoms. The van der Waals surface area contributed by atoms with E-state index in [2.05, 4.69) is 23.7 Å². The van der Waals surface area contributed by atoms with Crippen molar-refractivity contribution in [1.82, 2.24) is 9.78 Å². The van der Waals surface area contributed by atoms with Gasteiger partial charge in [0.05, 0.1) is 19.3 Å². The summed E-state index contributed by atoms with van der Waals surface area (Å²) in [6, 6.07) is 10.7. The van der Waals surface area contributed by atoms with Crippen molar-refractivity contribution in [2.45, 2.75) is 32.5 Å². The molecular weight excluding hydrogens is 396 g/mol. The summed E-state index contributed by atoms with van der Waals surface area (Å²) >= 11 is 8.98. The van der Waals surface area contributed by atoms with E-state index in [4.69, 9.17) is 22.1 Å². The summed E-state index contributed by atoms with van der Waals surface area (Å²) in [4.78, 5) is 3.08. The number of quaternary nitrogens is 1. The zero-order valence-corrected chi connectivity index (χ0v) is 17.8. The van der Waals surface area contributed by atoms with Crippen molar-refractivity contribution >= 4 is 45.7 Å². The van der Waals surface area contributed by atoms with Crippen LogP contribution in [0.15, 0.2) is 35.7 Å². The van der Waals surface area contributed by atoms with E-state index in [1.54, 1.807) is 12.0 Å². The first-order valence-electron chi connectivity index (χ1n) is 9.08. The van der Waals surface area contributed by atoms with E-state index < -0.39 is 0 Å². The summed E-state index contributed by atoms with van der Waals surface area (Å²) in [6.45, 7) is 4.20. The molecule has 0 saturated heterocycles. The van der Waals surface area contributed by atoms with Crippen LogP contribution in [0.2, 0.25) is 0 Å². The minimum atomic E-state index is 0.522. The van der Waals surface area contributed by atoms with Crippen molar-refractivity contribution in [2.75, 3.05) is 19.0 Å². The summed E-state index contributed by atoms with van der Waals surface area (Å²) in [7, 11) is 1.67. The minimum Gasteiger partial charge on any atom is -0.495 e. The van der Waals surface area contributed by atoms with E-state index in [9.17, 15) is 0 Å². The first-order chi connectivity index (χ1) is 13.2. The lowest BCUT2D eigenvalue weighted by molar-refractivity contribution is -0.956. The smallest absolute Gasteiger partial charge is 0.209 e. The van der Waals surface area contributed by atoms with E-state index in [0.717, 1.165) is 46.6 Å². The highest BCUT2D eigenvalue weighted by Gasteiger charge is 2.31. The molecule has 3 aromatic rings.